The van der Waals surface area contributed by atoms with Gasteiger partial charge in [0.15, 0.2) is 0 Å². The maximum atomic E-state index is 13.6. The zero-order chi connectivity index (χ0) is 15.5. The molecule has 2 rings (SSSR count). The molecule has 0 radical (unpaired) electrons. The van der Waals surface area contributed by atoms with Gasteiger partial charge in [-0.25, -0.2) is 9.18 Å². The van der Waals surface area contributed by atoms with E-state index in [0.717, 1.165) is 19.3 Å². The first-order chi connectivity index (χ1) is 9.98. The number of nitrogens with zero attached hydrogens (tertiary/aromatic N) is 1. The standard InChI is InChI=1S/C16H24FN3O/c1-12-6-5-9-16(10-12,11-18)20(2)15(21)19-14-8-4-3-7-13(14)17/h3-4,7-8,12H,5-6,9-11,18H2,1-2H3,(H,19,21). The summed E-state index contributed by atoms with van der Waals surface area (Å²) in [5, 5.41) is 2.64. The van der Waals surface area contributed by atoms with Gasteiger partial charge in [0.2, 0.25) is 0 Å². The lowest BCUT2D eigenvalue weighted by Gasteiger charge is -2.45. The molecule has 1 aliphatic carbocycles. The highest BCUT2D eigenvalue weighted by molar-refractivity contribution is 5.89. The Hall–Kier alpha value is -1.62. The molecule has 116 valence electrons. The average Bonchev–Trinajstić information content (AvgIpc) is 2.48. The Morgan fingerprint density at radius 2 is 2.24 bits per heavy atom. The van der Waals surface area contributed by atoms with E-state index < -0.39 is 5.82 Å². The lowest BCUT2D eigenvalue weighted by atomic mass is 9.75. The predicted molar refractivity (Wildman–Crippen MR) is 82.6 cm³/mol. The van der Waals surface area contributed by atoms with Crippen LogP contribution in [0.4, 0.5) is 14.9 Å². The van der Waals surface area contributed by atoms with Crippen LogP contribution in [-0.4, -0.2) is 30.1 Å². The summed E-state index contributed by atoms with van der Waals surface area (Å²) in [6.07, 6.45) is 4.03. The van der Waals surface area contributed by atoms with Crippen LogP contribution >= 0.6 is 0 Å². The van der Waals surface area contributed by atoms with Crippen LogP contribution in [0.3, 0.4) is 0 Å². The highest BCUT2D eigenvalue weighted by Crippen LogP contribution is 2.35. The fourth-order valence-electron chi connectivity index (χ4n) is 3.24. The molecule has 21 heavy (non-hydrogen) atoms. The summed E-state index contributed by atoms with van der Waals surface area (Å²) < 4.78 is 13.6. The van der Waals surface area contributed by atoms with Gasteiger partial charge in [0.25, 0.3) is 0 Å². The normalized spacial score (nSPS) is 25.4. The molecule has 1 fully saturated rings. The largest absolute Gasteiger partial charge is 0.328 e. The first kappa shape index (κ1) is 15.8. The second-order valence-corrected chi connectivity index (χ2v) is 6.10. The molecule has 5 heteroatoms. The van der Waals surface area contributed by atoms with Crippen LogP contribution in [0.25, 0.3) is 0 Å². The van der Waals surface area contributed by atoms with Gasteiger partial charge in [0, 0.05) is 13.6 Å². The Balaban J connectivity index is 2.12. The van der Waals surface area contributed by atoms with E-state index in [1.165, 1.54) is 12.5 Å². The summed E-state index contributed by atoms with van der Waals surface area (Å²) >= 11 is 0. The number of para-hydroxylation sites is 1. The maximum absolute atomic E-state index is 13.6. The molecule has 1 aromatic rings. The topological polar surface area (TPSA) is 58.4 Å². The average molecular weight is 293 g/mol. The molecule has 2 unspecified atom stereocenters. The summed E-state index contributed by atoms with van der Waals surface area (Å²) in [6, 6.07) is 5.87. The molecule has 1 aliphatic rings. The van der Waals surface area contributed by atoms with Crippen molar-refractivity contribution < 1.29 is 9.18 Å². The summed E-state index contributed by atoms with van der Waals surface area (Å²) in [5.41, 5.74) is 5.84. The van der Waals surface area contributed by atoms with Crippen molar-refractivity contribution in [3.8, 4) is 0 Å². The fraction of sp³-hybridized carbons (Fsp3) is 0.562. The van der Waals surface area contributed by atoms with Crippen molar-refractivity contribution in [2.45, 2.75) is 38.1 Å². The zero-order valence-electron chi connectivity index (χ0n) is 12.7. The molecule has 0 saturated heterocycles. The number of carbonyl (C=O) groups excluding carboxylic acids is 1. The van der Waals surface area contributed by atoms with Crippen molar-refractivity contribution in [2.75, 3.05) is 18.9 Å². The number of urea groups is 1. The molecule has 3 N–H and O–H groups in total. The number of nitrogens with one attached hydrogen (secondary N) is 1. The summed E-state index contributed by atoms with van der Waals surface area (Å²) in [5.74, 6) is 0.115. The van der Waals surface area contributed by atoms with Gasteiger partial charge in [-0.05, 0) is 30.9 Å². The van der Waals surface area contributed by atoms with E-state index in [1.54, 1.807) is 30.1 Å². The van der Waals surface area contributed by atoms with Crippen LogP contribution in [0.2, 0.25) is 0 Å². The molecule has 0 bridgehead atoms. The number of rotatable bonds is 3. The number of likely N-dealkylation sites (N-methyl/N-ethyl adjacent to an activating group) is 1. The molecule has 4 nitrogen and oxygen atoms in total. The number of anilines is 1. The third-order valence-electron chi connectivity index (χ3n) is 4.58. The Kier molecular flexibility index (Phi) is 4.83. The molecule has 1 saturated carbocycles. The second-order valence-electron chi connectivity index (χ2n) is 6.10. The van der Waals surface area contributed by atoms with E-state index in [9.17, 15) is 9.18 Å². The van der Waals surface area contributed by atoms with Crippen molar-refractivity contribution in [3.05, 3.63) is 30.1 Å². The van der Waals surface area contributed by atoms with Gasteiger partial charge < -0.3 is 16.0 Å². The number of carbonyl (C=O) groups is 1. The van der Waals surface area contributed by atoms with Crippen LogP contribution in [0.1, 0.15) is 32.6 Å². The Bertz CT molecular complexity index is 508. The molecule has 0 aliphatic heterocycles. The Morgan fingerprint density at radius 1 is 1.52 bits per heavy atom. The SMILES string of the molecule is CC1CCCC(CN)(N(C)C(=O)Nc2ccccc2F)C1. The van der Waals surface area contributed by atoms with E-state index in [0.29, 0.717) is 12.5 Å². The third kappa shape index (κ3) is 3.35. The molecule has 0 aromatic heterocycles. The Labute approximate surface area is 125 Å². The van der Waals surface area contributed by atoms with Gasteiger partial charge in [0.1, 0.15) is 5.82 Å². The van der Waals surface area contributed by atoms with Gasteiger partial charge in [0.05, 0.1) is 11.2 Å². The number of halogens is 1. The van der Waals surface area contributed by atoms with Crippen molar-refractivity contribution in [2.24, 2.45) is 11.7 Å². The van der Waals surface area contributed by atoms with Gasteiger partial charge in [-0.3, -0.25) is 0 Å². The third-order valence-corrected chi connectivity index (χ3v) is 4.58. The summed E-state index contributed by atoms with van der Waals surface area (Å²) in [7, 11) is 1.75. The second kappa shape index (κ2) is 6.43. The zero-order valence-corrected chi connectivity index (χ0v) is 12.7. The molecular weight excluding hydrogens is 269 g/mol. The van der Waals surface area contributed by atoms with Crippen LogP contribution in [0.5, 0.6) is 0 Å². The molecule has 2 amide bonds. The van der Waals surface area contributed by atoms with E-state index >= 15 is 0 Å². The predicted octanol–water partition coefficient (Wildman–Crippen LogP) is 3.20. The van der Waals surface area contributed by atoms with Crippen LogP contribution in [-0.2, 0) is 0 Å². The van der Waals surface area contributed by atoms with Gasteiger partial charge in [-0.2, -0.15) is 0 Å². The van der Waals surface area contributed by atoms with Gasteiger partial charge in [-0.15, -0.1) is 0 Å². The van der Waals surface area contributed by atoms with Crippen molar-refractivity contribution in [3.63, 3.8) is 0 Å². The summed E-state index contributed by atoms with van der Waals surface area (Å²) in [4.78, 5) is 14.1. The lowest BCUT2D eigenvalue weighted by Crippen LogP contribution is -2.57. The van der Waals surface area contributed by atoms with E-state index in [-0.39, 0.29) is 17.3 Å². The number of hydrogen-bond donors (Lipinski definition) is 2. The molecule has 0 heterocycles. The first-order valence-corrected chi connectivity index (χ1v) is 7.48. The minimum atomic E-state index is -0.432. The van der Waals surface area contributed by atoms with Crippen molar-refractivity contribution in [1.82, 2.24) is 4.90 Å². The molecule has 0 spiro atoms. The van der Waals surface area contributed by atoms with E-state index in [4.69, 9.17) is 5.73 Å². The Morgan fingerprint density at radius 3 is 2.86 bits per heavy atom. The van der Waals surface area contributed by atoms with E-state index in [2.05, 4.69) is 12.2 Å². The monoisotopic (exact) mass is 293 g/mol. The first-order valence-electron chi connectivity index (χ1n) is 7.48. The fourth-order valence-corrected chi connectivity index (χ4v) is 3.24. The smallest absolute Gasteiger partial charge is 0.322 e. The van der Waals surface area contributed by atoms with Crippen LogP contribution in [0, 0.1) is 11.7 Å². The summed E-state index contributed by atoms with van der Waals surface area (Å²) in [6.45, 7) is 2.62. The van der Waals surface area contributed by atoms with E-state index in [1.807, 2.05) is 0 Å². The molecule has 1 aromatic carbocycles. The number of nitrogens with two attached hydrogens (primary N) is 1. The molecule has 2 atom stereocenters. The van der Waals surface area contributed by atoms with Crippen LogP contribution < -0.4 is 11.1 Å². The minimum Gasteiger partial charge on any atom is -0.328 e. The van der Waals surface area contributed by atoms with Crippen molar-refractivity contribution >= 4 is 11.7 Å². The number of hydrogen-bond acceptors (Lipinski definition) is 2. The molecular formula is C16H24FN3O. The quantitative estimate of drug-likeness (QED) is 0.899. The minimum absolute atomic E-state index is 0.199. The highest BCUT2D eigenvalue weighted by atomic mass is 19.1. The number of benzene rings is 1. The van der Waals surface area contributed by atoms with Gasteiger partial charge in [-0.1, -0.05) is 31.9 Å². The number of amides is 2. The van der Waals surface area contributed by atoms with Crippen molar-refractivity contribution in [1.29, 1.82) is 0 Å². The highest BCUT2D eigenvalue weighted by Gasteiger charge is 2.39. The van der Waals surface area contributed by atoms with Gasteiger partial charge >= 0.3 is 6.03 Å². The maximum Gasteiger partial charge on any atom is 0.322 e. The van der Waals surface area contributed by atoms with Crippen LogP contribution in [0.15, 0.2) is 24.3 Å². The lowest BCUT2D eigenvalue weighted by molar-refractivity contribution is 0.0910.